The Labute approximate surface area is 133 Å². The molecule has 2 aromatic carbocycles. The molecule has 0 radical (unpaired) electrons. The molecule has 1 aromatic heterocycles. The number of aromatic nitrogens is 1. The molecular weight excluding hydrogens is 320 g/mol. The second-order valence-corrected chi connectivity index (χ2v) is 6.73. The average molecular weight is 331 g/mol. The van der Waals surface area contributed by atoms with E-state index in [0.29, 0.717) is 15.9 Å². The standard InChI is InChI=1S/C16H11ClN2O2S/c1-2-11-3-6-13(7-4-11)19-10-16(22(18,20)21)14-8-5-12(17)9-15(14)19/h1,3-10H,(H2,18,20,21). The molecule has 0 spiro atoms. The van der Waals surface area contributed by atoms with Gasteiger partial charge in [0.05, 0.1) is 5.52 Å². The SMILES string of the molecule is C#Cc1ccc(-n2cc(S(N)(=O)=O)c3ccc(Cl)cc32)cc1. The molecular formula is C16H11ClN2O2S. The molecule has 0 saturated heterocycles. The summed E-state index contributed by atoms with van der Waals surface area (Å²) in [6, 6.07) is 12.1. The lowest BCUT2D eigenvalue weighted by Crippen LogP contribution is -2.11. The molecule has 0 unspecified atom stereocenters. The molecule has 22 heavy (non-hydrogen) atoms. The molecule has 0 aliphatic carbocycles. The summed E-state index contributed by atoms with van der Waals surface area (Å²) in [6.45, 7) is 0. The highest BCUT2D eigenvalue weighted by Crippen LogP contribution is 2.29. The van der Waals surface area contributed by atoms with Crippen LogP contribution in [0.3, 0.4) is 0 Å². The van der Waals surface area contributed by atoms with Gasteiger partial charge in [-0.15, -0.1) is 6.42 Å². The van der Waals surface area contributed by atoms with E-state index in [0.717, 1.165) is 11.3 Å². The van der Waals surface area contributed by atoms with Gasteiger partial charge in [0, 0.05) is 27.9 Å². The fraction of sp³-hybridized carbons (Fsp3) is 0. The maximum atomic E-state index is 11.8. The molecule has 0 atom stereocenters. The van der Waals surface area contributed by atoms with Gasteiger partial charge in [0.15, 0.2) is 0 Å². The third-order valence-electron chi connectivity index (χ3n) is 3.35. The quantitative estimate of drug-likeness (QED) is 0.734. The van der Waals surface area contributed by atoms with Gasteiger partial charge in [-0.1, -0.05) is 17.5 Å². The molecule has 110 valence electrons. The molecule has 0 saturated carbocycles. The second-order valence-electron chi connectivity index (χ2n) is 4.76. The average Bonchev–Trinajstić information content (AvgIpc) is 2.86. The lowest BCUT2D eigenvalue weighted by molar-refractivity contribution is 0.598. The Balaban J connectivity index is 2.33. The van der Waals surface area contributed by atoms with Crippen molar-refractivity contribution in [2.24, 2.45) is 5.14 Å². The van der Waals surface area contributed by atoms with Gasteiger partial charge < -0.3 is 4.57 Å². The van der Waals surface area contributed by atoms with E-state index in [2.05, 4.69) is 5.92 Å². The van der Waals surface area contributed by atoms with E-state index in [4.69, 9.17) is 23.2 Å². The first kappa shape index (κ1) is 14.7. The number of hydrogen-bond acceptors (Lipinski definition) is 2. The summed E-state index contributed by atoms with van der Waals surface area (Å²) in [4.78, 5) is 0.0557. The monoisotopic (exact) mass is 330 g/mol. The van der Waals surface area contributed by atoms with E-state index in [1.807, 2.05) is 12.1 Å². The summed E-state index contributed by atoms with van der Waals surface area (Å²) in [6.07, 6.45) is 6.83. The van der Waals surface area contributed by atoms with Crippen LogP contribution >= 0.6 is 11.6 Å². The third kappa shape index (κ3) is 2.48. The first-order valence-electron chi connectivity index (χ1n) is 6.30. The van der Waals surface area contributed by atoms with E-state index in [1.165, 1.54) is 6.20 Å². The number of primary sulfonamides is 1. The molecule has 6 heteroatoms. The summed E-state index contributed by atoms with van der Waals surface area (Å²) in [7, 11) is -3.84. The van der Waals surface area contributed by atoms with E-state index < -0.39 is 10.0 Å². The van der Waals surface area contributed by atoms with E-state index in [1.54, 1.807) is 34.9 Å². The number of nitrogens with two attached hydrogens (primary N) is 1. The van der Waals surface area contributed by atoms with Crippen molar-refractivity contribution in [1.29, 1.82) is 0 Å². The van der Waals surface area contributed by atoms with Crippen LogP contribution in [0.5, 0.6) is 0 Å². The van der Waals surface area contributed by atoms with Gasteiger partial charge in [-0.3, -0.25) is 0 Å². The molecule has 4 nitrogen and oxygen atoms in total. The molecule has 0 bridgehead atoms. The van der Waals surface area contributed by atoms with Crippen molar-refractivity contribution < 1.29 is 8.42 Å². The van der Waals surface area contributed by atoms with E-state index >= 15 is 0 Å². The minimum absolute atomic E-state index is 0.0557. The zero-order chi connectivity index (χ0) is 15.9. The Morgan fingerprint density at radius 1 is 1.14 bits per heavy atom. The van der Waals surface area contributed by atoms with Gasteiger partial charge >= 0.3 is 0 Å². The minimum atomic E-state index is -3.84. The van der Waals surface area contributed by atoms with Crippen molar-refractivity contribution in [3.05, 3.63) is 59.2 Å². The number of benzene rings is 2. The van der Waals surface area contributed by atoms with Crippen LogP contribution in [0.4, 0.5) is 0 Å². The maximum Gasteiger partial charge on any atom is 0.240 e. The molecule has 3 aromatic rings. The number of rotatable bonds is 2. The number of fused-ring (bicyclic) bond motifs is 1. The highest BCUT2D eigenvalue weighted by atomic mass is 35.5. The second kappa shape index (κ2) is 5.18. The zero-order valence-corrected chi connectivity index (χ0v) is 12.9. The summed E-state index contributed by atoms with van der Waals surface area (Å²) in [5.41, 5.74) is 2.16. The molecule has 0 amide bonds. The van der Waals surface area contributed by atoms with Gasteiger partial charge in [0.25, 0.3) is 0 Å². The van der Waals surface area contributed by atoms with Gasteiger partial charge in [-0.05, 0) is 42.5 Å². The van der Waals surface area contributed by atoms with Crippen LogP contribution in [0.2, 0.25) is 5.02 Å². The van der Waals surface area contributed by atoms with Crippen LogP contribution in [-0.2, 0) is 10.0 Å². The van der Waals surface area contributed by atoms with Crippen LogP contribution in [0.25, 0.3) is 16.6 Å². The Morgan fingerprint density at radius 2 is 1.82 bits per heavy atom. The zero-order valence-electron chi connectivity index (χ0n) is 11.3. The van der Waals surface area contributed by atoms with Crippen LogP contribution in [-0.4, -0.2) is 13.0 Å². The van der Waals surface area contributed by atoms with Crippen molar-refractivity contribution in [1.82, 2.24) is 4.57 Å². The Kier molecular flexibility index (Phi) is 3.45. The predicted octanol–water partition coefficient (Wildman–Crippen LogP) is 2.91. The summed E-state index contributed by atoms with van der Waals surface area (Å²) < 4.78 is 25.3. The first-order valence-corrected chi connectivity index (χ1v) is 8.23. The van der Waals surface area contributed by atoms with Gasteiger partial charge in [0.1, 0.15) is 4.90 Å². The Morgan fingerprint density at radius 3 is 2.41 bits per heavy atom. The van der Waals surface area contributed by atoms with Gasteiger partial charge in [0.2, 0.25) is 10.0 Å². The van der Waals surface area contributed by atoms with Crippen LogP contribution in [0.15, 0.2) is 53.6 Å². The first-order chi connectivity index (χ1) is 10.4. The molecule has 0 aliphatic rings. The number of terminal acetylenes is 1. The fourth-order valence-corrected chi connectivity index (χ4v) is 3.23. The molecule has 0 aliphatic heterocycles. The highest BCUT2D eigenvalue weighted by Gasteiger charge is 2.18. The van der Waals surface area contributed by atoms with Crippen LogP contribution in [0, 0.1) is 12.3 Å². The fourth-order valence-electron chi connectivity index (χ4n) is 2.33. The van der Waals surface area contributed by atoms with Crippen molar-refractivity contribution in [2.75, 3.05) is 0 Å². The maximum absolute atomic E-state index is 11.8. The van der Waals surface area contributed by atoms with Crippen molar-refractivity contribution in [3.63, 3.8) is 0 Å². The molecule has 3 rings (SSSR count). The normalized spacial score (nSPS) is 11.5. The summed E-state index contributed by atoms with van der Waals surface area (Å²) >= 11 is 6.03. The minimum Gasteiger partial charge on any atom is -0.315 e. The molecule has 0 fully saturated rings. The third-order valence-corrected chi connectivity index (χ3v) is 4.52. The summed E-state index contributed by atoms with van der Waals surface area (Å²) in [5, 5.41) is 6.33. The Hall–Kier alpha value is -2.26. The Bertz CT molecular complexity index is 1010. The van der Waals surface area contributed by atoms with Gasteiger partial charge in [-0.2, -0.15) is 0 Å². The summed E-state index contributed by atoms with van der Waals surface area (Å²) in [5.74, 6) is 2.54. The number of hydrogen-bond donors (Lipinski definition) is 1. The van der Waals surface area contributed by atoms with Crippen molar-refractivity contribution in [2.45, 2.75) is 4.90 Å². The van der Waals surface area contributed by atoms with E-state index in [-0.39, 0.29) is 4.90 Å². The lowest BCUT2D eigenvalue weighted by Gasteiger charge is -2.05. The van der Waals surface area contributed by atoms with Crippen LogP contribution in [0.1, 0.15) is 5.56 Å². The molecule has 2 N–H and O–H groups in total. The van der Waals surface area contributed by atoms with E-state index in [9.17, 15) is 8.42 Å². The topological polar surface area (TPSA) is 65.1 Å². The lowest BCUT2D eigenvalue weighted by atomic mass is 10.2. The van der Waals surface area contributed by atoms with Crippen LogP contribution < -0.4 is 5.14 Å². The number of sulfonamides is 1. The molecule has 1 heterocycles. The predicted molar refractivity (Wildman–Crippen MR) is 87.6 cm³/mol. The largest absolute Gasteiger partial charge is 0.315 e. The number of halogens is 1. The highest BCUT2D eigenvalue weighted by molar-refractivity contribution is 7.89. The van der Waals surface area contributed by atoms with Crippen molar-refractivity contribution in [3.8, 4) is 18.0 Å². The van der Waals surface area contributed by atoms with Gasteiger partial charge in [-0.25, -0.2) is 13.6 Å². The number of nitrogens with zero attached hydrogens (tertiary/aromatic N) is 1. The van der Waals surface area contributed by atoms with Crippen molar-refractivity contribution >= 4 is 32.5 Å². The smallest absolute Gasteiger partial charge is 0.240 e.